The van der Waals surface area contributed by atoms with Crippen molar-refractivity contribution in [3.05, 3.63) is 0 Å². The second-order valence-corrected chi connectivity index (χ2v) is 5.14. The summed E-state index contributed by atoms with van der Waals surface area (Å²) < 4.78 is 4.76. The molecule has 1 heterocycles. The molecule has 2 amide bonds. The minimum absolute atomic E-state index is 0.0301. The molecule has 2 aliphatic rings. The Morgan fingerprint density at radius 2 is 2.00 bits per heavy atom. The van der Waals surface area contributed by atoms with Gasteiger partial charge >= 0.3 is 11.9 Å². The van der Waals surface area contributed by atoms with Crippen LogP contribution in [0.1, 0.15) is 26.2 Å². The molecule has 1 saturated carbocycles. The topological polar surface area (TPSA) is 104 Å². The Kier molecular flexibility index (Phi) is 4.44. The monoisotopic (exact) mass is 298 g/mol. The highest BCUT2D eigenvalue weighted by molar-refractivity contribution is 5.98. The molecule has 2 fully saturated rings. The van der Waals surface area contributed by atoms with Crippen molar-refractivity contribution in [1.82, 2.24) is 9.80 Å². The molecular formula is C13H18N2O6. The van der Waals surface area contributed by atoms with Crippen molar-refractivity contribution in [2.75, 3.05) is 19.7 Å². The number of piperazine rings is 1. The van der Waals surface area contributed by atoms with Gasteiger partial charge in [-0.15, -0.1) is 0 Å². The minimum Gasteiger partial charge on any atom is -0.481 e. The van der Waals surface area contributed by atoms with E-state index in [0.29, 0.717) is 0 Å². The fraction of sp³-hybridized carbons (Fsp3) is 0.692. The van der Waals surface area contributed by atoms with Crippen LogP contribution in [0.4, 0.5) is 0 Å². The first kappa shape index (κ1) is 15.3. The molecule has 8 heteroatoms. The van der Waals surface area contributed by atoms with Gasteiger partial charge < -0.3 is 19.6 Å². The molecule has 1 aliphatic heterocycles. The summed E-state index contributed by atoms with van der Waals surface area (Å²) in [7, 11) is 0. The van der Waals surface area contributed by atoms with Gasteiger partial charge in [-0.25, -0.2) is 0 Å². The molecule has 2 rings (SSSR count). The lowest BCUT2D eigenvalue weighted by molar-refractivity contribution is -0.164. The molecule has 0 radical (unpaired) electrons. The van der Waals surface area contributed by atoms with E-state index in [1.165, 1.54) is 4.90 Å². The number of carbonyl (C=O) groups excluding carboxylic acids is 3. The van der Waals surface area contributed by atoms with Gasteiger partial charge in [0.2, 0.25) is 11.8 Å². The normalized spacial score (nSPS) is 22.4. The fourth-order valence-corrected chi connectivity index (χ4v) is 2.42. The van der Waals surface area contributed by atoms with E-state index in [2.05, 4.69) is 0 Å². The summed E-state index contributed by atoms with van der Waals surface area (Å²) in [5.41, 5.74) is 0. The third-order valence-corrected chi connectivity index (χ3v) is 3.53. The number of esters is 1. The number of aliphatic carboxylic acids is 1. The van der Waals surface area contributed by atoms with Crippen molar-refractivity contribution < 1.29 is 29.0 Å². The van der Waals surface area contributed by atoms with Gasteiger partial charge in [-0.2, -0.15) is 0 Å². The Bertz CT molecular complexity index is 473. The Labute approximate surface area is 121 Å². The number of amides is 2. The van der Waals surface area contributed by atoms with E-state index < -0.39 is 42.8 Å². The number of hydrogen-bond donors (Lipinski definition) is 1. The molecule has 0 aromatic carbocycles. The highest BCUT2D eigenvalue weighted by Gasteiger charge is 2.46. The summed E-state index contributed by atoms with van der Waals surface area (Å²) in [5.74, 6) is -2.65. The van der Waals surface area contributed by atoms with Crippen molar-refractivity contribution in [3.63, 3.8) is 0 Å². The molecular weight excluding hydrogens is 280 g/mol. The average Bonchev–Trinajstić information content (AvgIpc) is 3.22. The first-order chi connectivity index (χ1) is 9.93. The maximum absolute atomic E-state index is 12.4. The first-order valence-corrected chi connectivity index (χ1v) is 6.91. The van der Waals surface area contributed by atoms with E-state index in [4.69, 9.17) is 9.84 Å². The lowest BCUT2D eigenvalue weighted by Crippen LogP contribution is -2.61. The Hall–Kier alpha value is -2.12. The summed E-state index contributed by atoms with van der Waals surface area (Å²) in [4.78, 5) is 49.4. The molecule has 0 aromatic heterocycles. The van der Waals surface area contributed by atoms with Crippen molar-refractivity contribution in [2.24, 2.45) is 0 Å². The zero-order valence-corrected chi connectivity index (χ0v) is 11.8. The molecule has 0 bridgehead atoms. The Morgan fingerprint density at radius 3 is 2.52 bits per heavy atom. The third-order valence-electron chi connectivity index (χ3n) is 3.53. The molecule has 116 valence electrons. The molecule has 0 aromatic rings. The van der Waals surface area contributed by atoms with Gasteiger partial charge in [0.05, 0.1) is 13.0 Å². The number of carbonyl (C=O) groups is 4. The zero-order valence-electron chi connectivity index (χ0n) is 11.8. The van der Waals surface area contributed by atoms with Gasteiger partial charge in [0.1, 0.15) is 19.1 Å². The van der Waals surface area contributed by atoms with Crippen molar-refractivity contribution >= 4 is 23.8 Å². The van der Waals surface area contributed by atoms with Gasteiger partial charge in [0.25, 0.3) is 0 Å². The first-order valence-electron chi connectivity index (χ1n) is 6.91. The highest BCUT2D eigenvalue weighted by Crippen LogP contribution is 2.30. The van der Waals surface area contributed by atoms with Crippen LogP contribution in [0.15, 0.2) is 0 Å². The number of carboxylic acids is 1. The smallest absolute Gasteiger partial charge is 0.325 e. The van der Waals surface area contributed by atoms with Crippen molar-refractivity contribution in [1.29, 1.82) is 0 Å². The lowest BCUT2D eigenvalue weighted by Gasteiger charge is -2.39. The zero-order chi connectivity index (χ0) is 15.6. The van der Waals surface area contributed by atoms with Crippen LogP contribution < -0.4 is 0 Å². The largest absolute Gasteiger partial charge is 0.481 e. The van der Waals surface area contributed by atoms with Crippen LogP contribution in [-0.4, -0.2) is 70.4 Å². The van der Waals surface area contributed by atoms with Gasteiger partial charge in [-0.1, -0.05) is 0 Å². The Balaban J connectivity index is 2.15. The van der Waals surface area contributed by atoms with E-state index in [1.807, 2.05) is 0 Å². The number of nitrogens with zero attached hydrogens (tertiary/aromatic N) is 2. The summed E-state index contributed by atoms with van der Waals surface area (Å²) >= 11 is 0. The van der Waals surface area contributed by atoms with Crippen LogP contribution in [0.2, 0.25) is 0 Å². The van der Waals surface area contributed by atoms with Crippen LogP contribution in [0.5, 0.6) is 0 Å². The van der Waals surface area contributed by atoms with Gasteiger partial charge in [0, 0.05) is 6.04 Å². The number of hydrogen-bond acceptors (Lipinski definition) is 5. The summed E-state index contributed by atoms with van der Waals surface area (Å²) in [6, 6.07) is -1.10. The number of ether oxygens (including phenoxy) is 1. The SMILES string of the molecule is CCOC(=O)CN1C(=O)CN(C2CC2)C(=O)[C@@H]1CC(=O)O. The molecule has 21 heavy (non-hydrogen) atoms. The number of rotatable bonds is 6. The summed E-state index contributed by atoms with van der Waals surface area (Å²) in [6.45, 7) is 1.30. The average molecular weight is 298 g/mol. The van der Waals surface area contributed by atoms with Crippen LogP contribution >= 0.6 is 0 Å². The summed E-state index contributed by atoms with van der Waals surface area (Å²) in [6.07, 6.45) is 1.15. The Morgan fingerprint density at radius 1 is 1.33 bits per heavy atom. The quantitative estimate of drug-likeness (QED) is 0.645. The predicted molar refractivity (Wildman–Crippen MR) is 69.1 cm³/mol. The summed E-state index contributed by atoms with van der Waals surface area (Å²) in [5, 5.41) is 8.94. The predicted octanol–water partition coefficient (Wildman–Crippen LogP) is -0.774. The van der Waals surface area contributed by atoms with E-state index in [0.717, 1.165) is 17.7 Å². The van der Waals surface area contributed by atoms with Gasteiger partial charge in [-0.3, -0.25) is 19.2 Å². The van der Waals surface area contributed by atoms with E-state index in [-0.39, 0.29) is 19.2 Å². The van der Waals surface area contributed by atoms with Gasteiger partial charge in [-0.05, 0) is 19.8 Å². The molecule has 8 nitrogen and oxygen atoms in total. The molecule has 1 N–H and O–H groups in total. The minimum atomic E-state index is -1.19. The van der Waals surface area contributed by atoms with Crippen molar-refractivity contribution in [2.45, 2.75) is 38.3 Å². The van der Waals surface area contributed by atoms with Crippen LogP contribution in [0.25, 0.3) is 0 Å². The van der Waals surface area contributed by atoms with Crippen LogP contribution in [0, 0.1) is 0 Å². The third kappa shape index (κ3) is 3.50. The molecule has 1 aliphatic carbocycles. The van der Waals surface area contributed by atoms with E-state index in [9.17, 15) is 19.2 Å². The maximum Gasteiger partial charge on any atom is 0.325 e. The fourth-order valence-electron chi connectivity index (χ4n) is 2.42. The molecule has 0 spiro atoms. The molecule has 0 unspecified atom stereocenters. The number of carboxylic acid groups (broad SMARTS) is 1. The second-order valence-electron chi connectivity index (χ2n) is 5.14. The van der Waals surface area contributed by atoms with Crippen LogP contribution in [0.3, 0.4) is 0 Å². The van der Waals surface area contributed by atoms with E-state index >= 15 is 0 Å². The maximum atomic E-state index is 12.4. The van der Waals surface area contributed by atoms with Gasteiger partial charge in [0.15, 0.2) is 0 Å². The standard InChI is InChI=1S/C13H18N2O6/c1-2-21-12(19)7-15-9(5-11(17)18)13(20)14(6-10(15)16)8-3-4-8/h8-9H,2-7H2,1H3,(H,17,18)/t9-/m0/s1. The lowest BCUT2D eigenvalue weighted by atomic mass is 10.1. The van der Waals surface area contributed by atoms with Crippen LogP contribution in [-0.2, 0) is 23.9 Å². The molecule has 1 saturated heterocycles. The highest BCUT2D eigenvalue weighted by atomic mass is 16.5. The van der Waals surface area contributed by atoms with Crippen molar-refractivity contribution in [3.8, 4) is 0 Å². The molecule has 1 atom stereocenters. The second kappa shape index (κ2) is 6.11. The van der Waals surface area contributed by atoms with E-state index in [1.54, 1.807) is 6.92 Å².